The molecule has 0 saturated carbocycles. The molecule has 2 unspecified atom stereocenters. The number of nitrogens with zero attached hydrogens (tertiary/aromatic N) is 2. The lowest BCUT2D eigenvalue weighted by Crippen LogP contribution is -2.60. The van der Waals surface area contributed by atoms with Crippen LogP contribution in [0.3, 0.4) is 0 Å². The molecule has 1 spiro atoms. The van der Waals surface area contributed by atoms with Gasteiger partial charge in [0.25, 0.3) is 0 Å². The Morgan fingerprint density at radius 3 is 2.51 bits per heavy atom. The SMILES string of the molecule is C=CCCC(=O)N[C@@H](C)[C@H](OC(=O)[C@@H]1[C@H]2O[C@@]3(CC2Br)[C@H](C(=O)N(CC=C)C(C)CCC)N([C@@H](CC)CO)C(=O)[C@@H]13)c1ccccc1. The zero-order valence-electron chi connectivity index (χ0n) is 28.0. The van der Waals surface area contributed by atoms with Gasteiger partial charge in [-0.2, -0.15) is 0 Å². The Hall–Kier alpha value is -3.02. The number of rotatable bonds is 17. The van der Waals surface area contributed by atoms with E-state index in [9.17, 15) is 24.3 Å². The zero-order valence-corrected chi connectivity index (χ0v) is 29.6. The summed E-state index contributed by atoms with van der Waals surface area (Å²) in [5, 5.41) is 13.4. The molecule has 3 heterocycles. The van der Waals surface area contributed by atoms with E-state index in [4.69, 9.17) is 9.47 Å². The molecule has 3 aliphatic rings. The molecule has 2 bridgehead atoms. The lowest BCUT2D eigenvalue weighted by molar-refractivity contribution is -0.162. The van der Waals surface area contributed by atoms with Gasteiger partial charge in [0, 0.05) is 23.8 Å². The molecule has 1 aromatic rings. The van der Waals surface area contributed by atoms with Gasteiger partial charge in [0.1, 0.15) is 17.7 Å². The molecule has 11 heteroatoms. The summed E-state index contributed by atoms with van der Waals surface area (Å²) in [5.41, 5.74) is -0.604. The van der Waals surface area contributed by atoms with Gasteiger partial charge in [0.15, 0.2) is 0 Å². The molecule has 10 nitrogen and oxygen atoms in total. The Morgan fingerprint density at radius 1 is 1.21 bits per heavy atom. The number of nitrogens with one attached hydrogen (secondary N) is 1. The van der Waals surface area contributed by atoms with Gasteiger partial charge in [-0.25, -0.2) is 0 Å². The predicted octanol–water partition coefficient (Wildman–Crippen LogP) is 4.46. The third kappa shape index (κ3) is 7.08. The molecule has 3 saturated heterocycles. The number of halogens is 1. The summed E-state index contributed by atoms with van der Waals surface area (Å²) in [6.45, 7) is 15.2. The van der Waals surface area contributed by atoms with E-state index in [0.29, 0.717) is 24.8 Å². The summed E-state index contributed by atoms with van der Waals surface area (Å²) in [5.74, 6) is -3.49. The molecule has 10 atom stereocenters. The fourth-order valence-corrected chi connectivity index (χ4v) is 8.66. The first-order valence-electron chi connectivity index (χ1n) is 16.8. The Balaban J connectivity index is 1.73. The minimum atomic E-state index is -1.29. The number of hydrogen-bond donors (Lipinski definition) is 2. The molecule has 258 valence electrons. The monoisotopic (exact) mass is 715 g/mol. The fourth-order valence-electron chi connectivity index (χ4n) is 7.72. The van der Waals surface area contributed by atoms with Crippen LogP contribution in [0.2, 0.25) is 0 Å². The Kier molecular flexibility index (Phi) is 12.5. The third-order valence-corrected chi connectivity index (χ3v) is 10.8. The van der Waals surface area contributed by atoms with Gasteiger partial charge in [0.05, 0.1) is 36.6 Å². The van der Waals surface area contributed by atoms with Gasteiger partial charge in [-0.1, -0.05) is 78.7 Å². The van der Waals surface area contributed by atoms with Crippen molar-refractivity contribution >= 4 is 39.6 Å². The molecule has 47 heavy (non-hydrogen) atoms. The summed E-state index contributed by atoms with van der Waals surface area (Å²) >= 11 is 3.72. The van der Waals surface area contributed by atoms with Crippen molar-refractivity contribution < 1.29 is 33.8 Å². The van der Waals surface area contributed by atoms with E-state index >= 15 is 0 Å². The topological polar surface area (TPSA) is 125 Å². The first-order chi connectivity index (χ1) is 22.5. The van der Waals surface area contributed by atoms with Gasteiger partial charge < -0.3 is 29.7 Å². The number of aliphatic hydroxyl groups is 1. The van der Waals surface area contributed by atoms with E-state index in [-0.39, 0.29) is 42.3 Å². The molecular weight excluding hydrogens is 666 g/mol. The molecule has 1 aromatic carbocycles. The van der Waals surface area contributed by atoms with E-state index in [1.165, 1.54) is 4.90 Å². The maximum absolute atomic E-state index is 14.6. The number of hydrogen-bond acceptors (Lipinski definition) is 7. The second-order valence-electron chi connectivity index (χ2n) is 13.0. The molecule has 4 rings (SSSR count). The highest BCUT2D eigenvalue weighted by molar-refractivity contribution is 9.09. The van der Waals surface area contributed by atoms with Crippen molar-refractivity contribution in [1.82, 2.24) is 15.1 Å². The average molecular weight is 717 g/mol. The Bertz CT molecular complexity index is 1310. The van der Waals surface area contributed by atoms with Crippen LogP contribution in [-0.2, 0) is 28.7 Å². The minimum absolute atomic E-state index is 0.124. The molecule has 3 fully saturated rings. The molecule has 0 radical (unpaired) electrons. The zero-order chi connectivity index (χ0) is 34.5. The van der Waals surface area contributed by atoms with Crippen molar-refractivity contribution in [1.29, 1.82) is 0 Å². The maximum Gasteiger partial charge on any atom is 0.313 e. The first-order valence-corrected chi connectivity index (χ1v) is 17.7. The van der Waals surface area contributed by atoms with E-state index in [0.717, 1.165) is 12.8 Å². The maximum atomic E-state index is 14.6. The minimum Gasteiger partial charge on any atom is -0.455 e. The predicted molar refractivity (Wildman–Crippen MR) is 182 cm³/mol. The Morgan fingerprint density at radius 2 is 1.91 bits per heavy atom. The highest BCUT2D eigenvalue weighted by atomic mass is 79.9. The van der Waals surface area contributed by atoms with Crippen molar-refractivity contribution in [2.24, 2.45) is 11.8 Å². The second-order valence-corrected chi connectivity index (χ2v) is 14.2. The van der Waals surface area contributed by atoms with Gasteiger partial charge in [-0.05, 0) is 45.1 Å². The van der Waals surface area contributed by atoms with Crippen molar-refractivity contribution in [2.45, 2.75) is 113 Å². The van der Waals surface area contributed by atoms with Gasteiger partial charge >= 0.3 is 5.97 Å². The van der Waals surface area contributed by atoms with Crippen molar-refractivity contribution in [3.8, 4) is 0 Å². The summed E-state index contributed by atoms with van der Waals surface area (Å²) in [6, 6.07) is 6.78. The van der Waals surface area contributed by atoms with Crippen molar-refractivity contribution in [3.05, 3.63) is 61.2 Å². The summed E-state index contributed by atoms with van der Waals surface area (Å²) in [4.78, 5) is 59.1. The Labute approximate surface area is 287 Å². The summed E-state index contributed by atoms with van der Waals surface area (Å²) < 4.78 is 12.9. The molecule has 3 amide bonds. The summed E-state index contributed by atoms with van der Waals surface area (Å²) in [7, 11) is 0. The smallest absolute Gasteiger partial charge is 0.313 e. The highest BCUT2D eigenvalue weighted by Gasteiger charge is 2.77. The van der Waals surface area contributed by atoms with Gasteiger partial charge in [-0.3, -0.25) is 19.2 Å². The number of ether oxygens (including phenoxy) is 2. The lowest BCUT2D eigenvalue weighted by atomic mass is 9.70. The van der Waals surface area contributed by atoms with Crippen LogP contribution in [-0.4, -0.2) is 92.4 Å². The van der Waals surface area contributed by atoms with Crippen LogP contribution in [0.4, 0.5) is 0 Å². The number of fused-ring (bicyclic) bond motifs is 1. The first kappa shape index (κ1) is 36.8. The number of benzene rings is 1. The molecule has 0 aromatic heterocycles. The number of amides is 3. The van der Waals surface area contributed by atoms with Crippen LogP contribution in [0.15, 0.2) is 55.6 Å². The van der Waals surface area contributed by atoms with Crippen LogP contribution in [0.5, 0.6) is 0 Å². The number of alkyl halides is 1. The molecule has 3 aliphatic heterocycles. The number of carbonyl (C=O) groups excluding carboxylic acids is 4. The van der Waals surface area contributed by atoms with E-state index in [2.05, 4.69) is 41.3 Å². The second kappa shape index (κ2) is 15.9. The molecular formula is C36H50BrN3O7. The number of aliphatic hydroxyl groups excluding tert-OH is 1. The van der Waals surface area contributed by atoms with E-state index in [1.807, 2.05) is 44.2 Å². The third-order valence-electron chi connectivity index (χ3n) is 9.95. The van der Waals surface area contributed by atoms with Gasteiger partial charge in [0.2, 0.25) is 17.7 Å². The number of likely N-dealkylation sites (tertiary alicyclic amines) is 1. The van der Waals surface area contributed by atoms with Crippen molar-refractivity contribution in [2.75, 3.05) is 13.2 Å². The molecule has 0 aliphatic carbocycles. The van der Waals surface area contributed by atoms with Crippen LogP contribution in [0.1, 0.15) is 77.9 Å². The largest absolute Gasteiger partial charge is 0.455 e. The normalized spacial score (nSPS) is 28.6. The standard InChI is InChI=1S/C36H50BrN3O7/c1-7-11-18-27(42)38-23(6)30(24-16-13-12-14-17-24)46-35(45)28-29-33(43)40(25(10-4)21-41)32(36(29)20-26(37)31(28)47-36)34(44)39(19-9-3)22(5)15-8-2/h7,9,12-14,16-17,22-23,25-26,28-32,41H,1,3,8,10-11,15,18-21H2,2,4-6H3,(H,38,42)/t22?,23-,25-,26?,28-,29+,30-,31-,32-,36+/m0/s1. The number of esters is 1. The van der Waals surface area contributed by atoms with Crippen LogP contribution >= 0.6 is 15.9 Å². The van der Waals surface area contributed by atoms with Gasteiger partial charge in [-0.15, -0.1) is 13.2 Å². The van der Waals surface area contributed by atoms with E-state index < -0.39 is 59.6 Å². The van der Waals surface area contributed by atoms with Crippen LogP contribution in [0.25, 0.3) is 0 Å². The quantitative estimate of drug-likeness (QED) is 0.139. The summed E-state index contributed by atoms with van der Waals surface area (Å²) in [6.07, 6.45) is 4.93. The highest BCUT2D eigenvalue weighted by Crippen LogP contribution is 2.61. The van der Waals surface area contributed by atoms with Crippen LogP contribution < -0.4 is 5.32 Å². The molecule has 2 N–H and O–H groups in total. The average Bonchev–Trinajstić information content (AvgIpc) is 3.65. The van der Waals surface area contributed by atoms with Crippen molar-refractivity contribution in [3.63, 3.8) is 0 Å². The lowest BCUT2D eigenvalue weighted by Gasteiger charge is -2.40. The number of carbonyl (C=O) groups is 4. The fraction of sp³-hybridized carbons (Fsp3) is 0.611. The number of allylic oxidation sites excluding steroid dienone is 1. The van der Waals surface area contributed by atoms with E-state index in [1.54, 1.807) is 24.0 Å². The van der Waals surface area contributed by atoms with Crippen LogP contribution in [0, 0.1) is 11.8 Å².